The second kappa shape index (κ2) is 4.55. The van der Waals surface area contributed by atoms with Gasteiger partial charge in [-0.25, -0.2) is 0 Å². The second-order valence-corrected chi connectivity index (χ2v) is 3.95. The van der Waals surface area contributed by atoms with Crippen molar-refractivity contribution in [1.82, 2.24) is 15.5 Å². The molecule has 0 bridgehead atoms. The molecule has 1 fully saturated rings. The summed E-state index contributed by atoms with van der Waals surface area (Å²) in [5.41, 5.74) is 0. The van der Waals surface area contributed by atoms with Crippen LogP contribution in [-0.2, 0) is 6.61 Å². The molecule has 5 heteroatoms. The molecule has 5 nitrogen and oxygen atoms in total. The van der Waals surface area contributed by atoms with Crippen LogP contribution in [0.5, 0.6) is 5.75 Å². The third kappa shape index (κ3) is 2.29. The lowest BCUT2D eigenvalue weighted by Crippen LogP contribution is -2.35. The number of nitrogens with one attached hydrogen (secondary N) is 1. The van der Waals surface area contributed by atoms with Crippen LogP contribution >= 0.6 is 0 Å². The van der Waals surface area contributed by atoms with Crippen LogP contribution in [0.25, 0.3) is 0 Å². The molecular formula is C12H13N3O2. The summed E-state index contributed by atoms with van der Waals surface area (Å²) >= 11 is 0. The number of rotatable bonds is 4. The van der Waals surface area contributed by atoms with Crippen molar-refractivity contribution in [2.75, 3.05) is 6.54 Å². The first-order valence-corrected chi connectivity index (χ1v) is 5.65. The molecule has 17 heavy (non-hydrogen) atoms. The van der Waals surface area contributed by atoms with Crippen molar-refractivity contribution in [2.45, 2.75) is 19.1 Å². The summed E-state index contributed by atoms with van der Waals surface area (Å²) in [6.07, 6.45) is 1.06. The number of aromatic nitrogens is 2. The van der Waals surface area contributed by atoms with Crippen molar-refractivity contribution < 1.29 is 9.26 Å². The summed E-state index contributed by atoms with van der Waals surface area (Å²) in [4.78, 5) is 4.28. The highest BCUT2D eigenvalue weighted by Gasteiger charge is 2.24. The normalized spacial score (nSPS) is 18.7. The van der Waals surface area contributed by atoms with E-state index in [4.69, 9.17) is 9.26 Å². The zero-order valence-corrected chi connectivity index (χ0v) is 9.30. The van der Waals surface area contributed by atoms with Gasteiger partial charge < -0.3 is 14.6 Å². The van der Waals surface area contributed by atoms with E-state index >= 15 is 0 Å². The Labute approximate surface area is 98.8 Å². The van der Waals surface area contributed by atoms with Crippen molar-refractivity contribution in [3.63, 3.8) is 0 Å². The Kier molecular flexibility index (Phi) is 2.75. The fourth-order valence-electron chi connectivity index (χ4n) is 1.63. The average molecular weight is 231 g/mol. The Morgan fingerprint density at radius 2 is 2.18 bits per heavy atom. The fraction of sp³-hybridized carbons (Fsp3) is 0.333. The maximum absolute atomic E-state index is 5.53. The Morgan fingerprint density at radius 1 is 1.35 bits per heavy atom. The summed E-state index contributed by atoms with van der Waals surface area (Å²) in [5.74, 6) is 2.04. The first kappa shape index (κ1) is 10.3. The van der Waals surface area contributed by atoms with Crippen molar-refractivity contribution in [3.8, 4) is 5.75 Å². The topological polar surface area (TPSA) is 60.2 Å². The van der Waals surface area contributed by atoms with Gasteiger partial charge in [0.2, 0.25) is 11.7 Å². The van der Waals surface area contributed by atoms with Gasteiger partial charge in [0.15, 0.2) is 6.61 Å². The summed E-state index contributed by atoms with van der Waals surface area (Å²) in [6, 6.07) is 9.82. The number of ether oxygens (including phenoxy) is 1. The van der Waals surface area contributed by atoms with Gasteiger partial charge in [0, 0.05) is 0 Å². The van der Waals surface area contributed by atoms with Gasteiger partial charge in [-0.2, -0.15) is 4.98 Å². The van der Waals surface area contributed by atoms with E-state index in [9.17, 15) is 0 Å². The van der Waals surface area contributed by atoms with Gasteiger partial charge in [-0.15, -0.1) is 0 Å². The Balaban J connectivity index is 1.60. The van der Waals surface area contributed by atoms with Crippen LogP contribution in [0.3, 0.4) is 0 Å². The molecule has 0 unspecified atom stereocenters. The standard InChI is InChI=1S/C12H13N3O2/c1-2-4-9(5-3-1)16-8-11-14-12(17-15-11)10-6-7-13-10/h1-5,10,13H,6-8H2/t10-/m1/s1. The van der Waals surface area contributed by atoms with Gasteiger partial charge >= 0.3 is 0 Å². The first-order valence-electron chi connectivity index (χ1n) is 5.65. The summed E-state index contributed by atoms with van der Waals surface area (Å²) in [5, 5.41) is 7.09. The number of benzene rings is 1. The lowest BCUT2D eigenvalue weighted by Gasteiger charge is -2.23. The molecular weight excluding hydrogens is 218 g/mol. The van der Waals surface area contributed by atoms with Crippen molar-refractivity contribution in [2.24, 2.45) is 0 Å². The van der Waals surface area contributed by atoms with Gasteiger partial charge in [-0.05, 0) is 25.1 Å². The molecule has 0 radical (unpaired) electrons. The fourth-order valence-corrected chi connectivity index (χ4v) is 1.63. The molecule has 88 valence electrons. The van der Waals surface area contributed by atoms with E-state index in [-0.39, 0.29) is 6.04 Å². The largest absolute Gasteiger partial charge is 0.485 e. The van der Waals surface area contributed by atoms with Gasteiger partial charge in [0.25, 0.3) is 0 Å². The summed E-state index contributed by atoms with van der Waals surface area (Å²) in [7, 11) is 0. The van der Waals surface area contributed by atoms with Crippen LogP contribution in [0, 0.1) is 0 Å². The van der Waals surface area contributed by atoms with E-state index in [1.807, 2.05) is 30.3 Å². The highest BCUT2D eigenvalue weighted by atomic mass is 16.5. The van der Waals surface area contributed by atoms with Gasteiger partial charge in [-0.3, -0.25) is 0 Å². The lowest BCUT2D eigenvalue weighted by molar-refractivity contribution is 0.264. The van der Waals surface area contributed by atoms with E-state index in [1.165, 1.54) is 0 Å². The molecule has 1 aliphatic rings. The quantitative estimate of drug-likeness (QED) is 0.867. The lowest BCUT2D eigenvalue weighted by atomic mass is 10.1. The number of hydrogen-bond donors (Lipinski definition) is 1. The highest BCUT2D eigenvalue weighted by Crippen LogP contribution is 2.20. The van der Waals surface area contributed by atoms with Crippen LogP contribution in [0.15, 0.2) is 34.9 Å². The molecule has 3 rings (SSSR count). The van der Waals surface area contributed by atoms with Crippen LogP contribution in [0.4, 0.5) is 0 Å². The number of hydrogen-bond acceptors (Lipinski definition) is 5. The Morgan fingerprint density at radius 3 is 2.88 bits per heavy atom. The van der Waals surface area contributed by atoms with Crippen LogP contribution in [0.1, 0.15) is 24.2 Å². The van der Waals surface area contributed by atoms with Gasteiger partial charge in [0.1, 0.15) is 5.75 Å². The molecule has 1 aromatic carbocycles. The minimum absolute atomic E-state index is 0.230. The Hall–Kier alpha value is -1.88. The highest BCUT2D eigenvalue weighted by molar-refractivity contribution is 5.20. The first-order chi connectivity index (χ1) is 8.42. The minimum atomic E-state index is 0.230. The van der Waals surface area contributed by atoms with Gasteiger partial charge in [0.05, 0.1) is 6.04 Å². The molecule has 1 aromatic heterocycles. The maximum atomic E-state index is 5.53. The van der Waals surface area contributed by atoms with Crippen molar-refractivity contribution >= 4 is 0 Å². The molecule has 1 N–H and O–H groups in total. The predicted molar refractivity (Wildman–Crippen MR) is 60.4 cm³/mol. The maximum Gasteiger partial charge on any atom is 0.243 e. The predicted octanol–water partition coefficient (Wildman–Crippen LogP) is 1.68. The molecule has 2 aromatic rings. The SMILES string of the molecule is c1ccc(OCc2noc([C@H]3CCN3)n2)cc1. The Bertz CT molecular complexity index is 480. The van der Waals surface area contributed by atoms with Crippen LogP contribution < -0.4 is 10.1 Å². The molecule has 0 saturated carbocycles. The van der Waals surface area contributed by atoms with Gasteiger partial charge in [-0.1, -0.05) is 23.4 Å². The number of para-hydroxylation sites is 1. The van der Waals surface area contributed by atoms with Crippen LogP contribution in [-0.4, -0.2) is 16.7 Å². The van der Waals surface area contributed by atoms with E-state index in [0.717, 1.165) is 18.7 Å². The zero-order chi connectivity index (χ0) is 11.5. The van der Waals surface area contributed by atoms with Crippen LogP contribution in [0.2, 0.25) is 0 Å². The van der Waals surface area contributed by atoms with E-state index in [2.05, 4.69) is 15.5 Å². The number of nitrogens with zero attached hydrogens (tertiary/aromatic N) is 2. The zero-order valence-electron chi connectivity index (χ0n) is 9.30. The molecule has 2 heterocycles. The minimum Gasteiger partial charge on any atom is -0.485 e. The molecule has 0 spiro atoms. The van der Waals surface area contributed by atoms with Crippen molar-refractivity contribution in [1.29, 1.82) is 0 Å². The summed E-state index contributed by atoms with van der Waals surface area (Å²) < 4.78 is 10.7. The van der Waals surface area contributed by atoms with E-state index in [1.54, 1.807) is 0 Å². The molecule has 0 aliphatic carbocycles. The molecule has 1 aliphatic heterocycles. The molecule has 1 atom stereocenters. The smallest absolute Gasteiger partial charge is 0.243 e. The third-order valence-corrected chi connectivity index (χ3v) is 2.72. The second-order valence-electron chi connectivity index (χ2n) is 3.95. The summed E-state index contributed by atoms with van der Waals surface area (Å²) in [6.45, 7) is 1.35. The monoisotopic (exact) mass is 231 g/mol. The van der Waals surface area contributed by atoms with E-state index in [0.29, 0.717) is 18.3 Å². The van der Waals surface area contributed by atoms with E-state index < -0.39 is 0 Å². The average Bonchev–Trinajstić information content (AvgIpc) is 2.74. The van der Waals surface area contributed by atoms with Crippen molar-refractivity contribution in [3.05, 3.63) is 42.0 Å². The third-order valence-electron chi connectivity index (χ3n) is 2.72. The molecule has 1 saturated heterocycles. The molecule has 0 amide bonds.